The van der Waals surface area contributed by atoms with Crippen LogP contribution in [0.3, 0.4) is 0 Å². The summed E-state index contributed by atoms with van der Waals surface area (Å²) in [6.07, 6.45) is 9.70. The molecule has 9 nitrogen and oxygen atoms in total. The summed E-state index contributed by atoms with van der Waals surface area (Å²) in [5, 5.41) is 19.7. The van der Waals surface area contributed by atoms with Gasteiger partial charge in [-0.1, -0.05) is 24.3 Å². The predicted octanol–water partition coefficient (Wildman–Crippen LogP) is 2.38. The smallest absolute Gasteiger partial charge is 0.328 e. The van der Waals surface area contributed by atoms with Gasteiger partial charge >= 0.3 is 5.69 Å². The maximum Gasteiger partial charge on any atom is 0.328 e. The van der Waals surface area contributed by atoms with Crippen LogP contribution in [0.25, 0.3) is 0 Å². The summed E-state index contributed by atoms with van der Waals surface area (Å²) in [5.41, 5.74) is -0.149. The number of nitrogens with one attached hydrogen (secondary N) is 1. The van der Waals surface area contributed by atoms with E-state index in [0.717, 1.165) is 49.1 Å². The van der Waals surface area contributed by atoms with E-state index in [1.807, 2.05) is 31.2 Å². The Morgan fingerprint density at radius 3 is 2.82 bits per heavy atom. The van der Waals surface area contributed by atoms with Crippen LogP contribution in [0.4, 0.5) is 0 Å². The number of hydrogen-bond donors (Lipinski definition) is 2. The molecule has 2 aromatic heterocycles. The SMILES string of the molecule is CC[C@@](O)(Cn1nncc1CCCCn1ccc(=O)[nH]c1=O)c1cccc(OC2CCC2)c1. The third-order valence-electron chi connectivity index (χ3n) is 6.40. The molecule has 1 aromatic carbocycles. The lowest BCUT2D eigenvalue weighted by molar-refractivity contribution is 0.00923. The first-order valence-corrected chi connectivity index (χ1v) is 11.6. The van der Waals surface area contributed by atoms with Crippen LogP contribution in [0.2, 0.25) is 0 Å². The highest BCUT2D eigenvalue weighted by Crippen LogP contribution is 2.32. The van der Waals surface area contributed by atoms with Crippen molar-refractivity contribution in [3.63, 3.8) is 0 Å². The zero-order chi connectivity index (χ0) is 23.3. The van der Waals surface area contributed by atoms with Gasteiger partial charge in [-0.3, -0.25) is 9.78 Å². The highest BCUT2D eigenvalue weighted by Gasteiger charge is 2.30. The minimum absolute atomic E-state index is 0.281. The van der Waals surface area contributed by atoms with Gasteiger partial charge in [-0.25, -0.2) is 9.48 Å². The van der Waals surface area contributed by atoms with E-state index < -0.39 is 16.9 Å². The van der Waals surface area contributed by atoms with Gasteiger partial charge in [-0.2, -0.15) is 0 Å². The summed E-state index contributed by atoms with van der Waals surface area (Å²) >= 11 is 0. The lowest BCUT2D eigenvalue weighted by Gasteiger charge is -2.30. The van der Waals surface area contributed by atoms with Crippen LogP contribution in [0.5, 0.6) is 5.75 Å². The van der Waals surface area contributed by atoms with Crippen molar-refractivity contribution in [1.29, 1.82) is 0 Å². The number of benzene rings is 1. The van der Waals surface area contributed by atoms with Crippen molar-refractivity contribution in [3.05, 3.63) is 74.8 Å². The number of aromatic nitrogens is 5. The Balaban J connectivity index is 1.38. The Morgan fingerprint density at radius 2 is 2.09 bits per heavy atom. The molecule has 33 heavy (non-hydrogen) atoms. The van der Waals surface area contributed by atoms with Crippen LogP contribution in [-0.4, -0.2) is 35.8 Å². The molecular weight excluding hydrogens is 422 g/mol. The molecule has 9 heteroatoms. The fourth-order valence-corrected chi connectivity index (χ4v) is 4.01. The normalized spacial score (nSPS) is 15.7. The maximum atomic E-state index is 11.8. The largest absolute Gasteiger partial charge is 0.490 e. The van der Waals surface area contributed by atoms with Gasteiger partial charge in [0.2, 0.25) is 0 Å². The number of H-pyrrole nitrogens is 1. The van der Waals surface area contributed by atoms with Gasteiger partial charge in [0, 0.05) is 18.8 Å². The van der Waals surface area contributed by atoms with E-state index in [2.05, 4.69) is 15.3 Å². The molecule has 0 aliphatic heterocycles. The van der Waals surface area contributed by atoms with Gasteiger partial charge in [0.15, 0.2) is 0 Å². The monoisotopic (exact) mass is 453 g/mol. The third kappa shape index (κ3) is 5.60. The molecule has 0 radical (unpaired) electrons. The molecule has 1 aliphatic rings. The fourth-order valence-electron chi connectivity index (χ4n) is 4.01. The maximum absolute atomic E-state index is 11.8. The van der Waals surface area contributed by atoms with Crippen molar-refractivity contribution in [2.75, 3.05) is 0 Å². The van der Waals surface area contributed by atoms with Crippen LogP contribution >= 0.6 is 0 Å². The number of aliphatic hydroxyl groups is 1. The number of aromatic amines is 1. The number of hydrogen-bond acceptors (Lipinski definition) is 6. The minimum atomic E-state index is -1.09. The molecule has 1 fully saturated rings. The molecule has 1 atom stereocenters. The highest BCUT2D eigenvalue weighted by molar-refractivity contribution is 5.32. The zero-order valence-electron chi connectivity index (χ0n) is 18.9. The molecule has 0 unspecified atom stereocenters. The fraction of sp³-hybridized carbons (Fsp3) is 0.500. The number of nitrogens with zero attached hydrogens (tertiary/aromatic N) is 4. The topological polar surface area (TPSA) is 115 Å². The first kappa shape index (κ1) is 23.0. The quantitative estimate of drug-likeness (QED) is 0.431. The Kier molecular flexibility index (Phi) is 7.08. The second-order valence-electron chi connectivity index (χ2n) is 8.73. The first-order valence-electron chi connectivity index (χ1n) is 11.6. The summed E-state index contributed by atoms with van der Waals surface area (Å²) in [7, 11) is 0. The lowest BCUT2D eigenvalue weighted by atomic mass is 9.90. The summed E-state index contributed by atoms with van der Waals surface area (Å²) in [6.45, 7) is 2.77. The summed E-state index contributed by atoms with van der Waals surface area (Å²) in [5.74, 6) is 0.792. The molecule has 1 aliphatic carbocycles. The van der Waals surface area contributed by atoms with E-state index in [4.69, 9.17) is 4.74 Å². The average molecular weight is 454 g/mol. The molecule has 0 bridgehead atoms. The van der Waals surface area contributed by atoms with Crippen LogP contribution in [0.1, 0.15) is 56.7 Å². The van der Waals surface area contributed by atoms with Gasteiger partial charge in [-0.15, -0.1) is 5.10 Å². The molecule has 0 saturated heterocycles. The molecule has 2 N–H and O–H groups in total. The molecule has 4 rings (SSSR count). The molecule has 1 saturated carbocycles. The van der Waals surface area contributed by atoms with Crippen molar-refractivity contribution in [2.24, 2.45) is 0 Å². The Morgan fingerprint density at radius 1 is 1.24 bits per heavy atom. The summed E-state index contributed by atoms with van der Waals surface area (Å²) in [6, 6.07) is 9.06. The van der Waals surface area contributed by atoms with Crippen LogP contribution in [-0.2, 0) is 25.1 Å². The van der Waals surface area contributed by atoms with Crippen molar-refractivity contribution in [2.45, 2.75) is 76.7 Å². The average Bonchev–Trinajstić information content (AvgIpc) is 3.21. The summed E-state index contributed by atoms with van der Waals surface area (Å²) < 4.78 is 9.27. The zero-order valence-corrected chi connectivity index (χ0v) is 18.9. The molecule has 2 heterocycles. The Hall–Kier alpha value is -3.20. The van der Waals surface area contributed by atoms with Crippen LogP contribution in [0, 0.1) is 0 Å². The lowest BCUT2D eigenvalue weighted by Crippen LogP contribution is -2.32. The predicted molar refractivity (Wildman–Crippen MR) is 123 cm³/mol. The van der Waals surface area contributed by atoms with Crippen molar-refractivity contribution in [1.82, 2.24) is 24.5 Å². The van der Waals surface area contributed by atoms with E-state index in [1.165, 1.54) is 23.3 Å². The second-order valence-corrected chi connectivity index (χ2v) is 8.73. The second kappa shape index (κ2) is 10.2. The van der Waals surface area contributed by atoms with E-state index >= 15 is 0 Å². The van der Waals surface area contributed by atoms with E-state index in [-0.39, 0.29) is 6.10 Å². The van der Waals surface area contributed by atoms with Gasteiger partial charge in [0.25, 0.3) is 5.56 Å². The summed E-state index contributed by atoms with van der Waals surface area (Å²) in [4.78, 5) is 25.2. The number of ether oxygens (including phenoxy) is 1. The standard InChI is InChI=1S/C24H31N5O4/c1-2-24(32,18-7-5-11-21(15-18)33-20-9-6-10-20)17-29-19(16-25-27-29)8-3-4-13-28-14-12-22(30)26-23(28)31/h5,7,11-12,14-16,20,32H,2-4,6,8-10,13,17H2,1H3,(H,26,30,31)/t24-/m1/s1. The van der Waals surface area contributed by atoms with Crippen molar-refractivity contribution >= 4 is 0 Å². The molecule has 176 valence electrons. The van der Waals surface area contributed by atoms with Gasteiger partial charge in [0.1, 0.15) is 11.4 Å². The van der Waals surface area contributed by atoms with Crippen LogP contribution < -0.4 is 16.0 Å². The van der Waals surface area contributed by atoms with Crippen molar-refractivity contribution in [3.8, 4) is 5.75 Å². The van der Waals surface area contributed by atoms with Gasteiger partial charge in [0.05, 0.1) is 24.5 Å². The van der Waals surface area contributed by atoms with E-state index in [9.17, 15) is 14.7 Å². The molecule has 0 spiro atoms. The Bertz CT molecular complexity index is 1180. The van der Waals surface area contributed by atoms with Crippen LogP contribution in [0.15, 0.2) is 52.3 Å². The van der Waals surface area contributed by atoms with E-state index in [0.29, 0.717) is 19.5 Å². The highest BCUT2D eigenvalue weighted by atomic mass is 16.5. The minimum Gasteiger partial charge on any atom is -0.490 e. The molecular formula is C24H31N5O4. The van der Waals surface area contributed by atoms with Crippen molar-refractivity contribution < 1.29 is 9.84 Å². The Labute approximate surface area is 192 Å². The molecule has 0 amide bonds. The van der Waals surface area contributed by atoms with Gasteiger partial charge in [-0.05, 0) is 62.6 Å². The van der Waals surface area contributed by atoms with Gasteiger partial charge < -0.3 is 14.4 Å². The van der Waals surface area contributed by atoms with E-state index in [1.54, 1.807) is 10.9 Å². The number of unbranched alkanes of at least 4 members (excludes halogenated alkanes) is 1. The first-order chi connectivity index (χ1) is 16.0. The molecule has 3 aromatic rings. The third-order valence-corrected chi connectivity index (χ3v) is 6.40. The number of rotatable bonds is 11. The number of aryl methyl sites for hydroxylation is 2.